The van der Waals surface area contributed by atoms with Crippen LogP contribution in [-0.4, -0.2) is 6.61 Å². The van der Waals surface area contributed by atoms with Crippen molar-refractivity contribution in [3.63, 3.8) is 0 Å². The van der Waals surface area contributed by atoms with Gasteiger partial charge in [-0.05, 0) is 37.6 Å². The molecule has 2 nitrogen and oxygen atoms in total. The lowest BCUT2D eigenvalue weighted by Crippen LogP contribution is -1.94. The quantitative estimate of drug-likeness (QED) is 0.652. The molecule has 0 fully saturated rings. The maximum atomic E-state index is 6.00. The van der Waals surface area contributed by atoms with Gasteiger partial charge < -0.3 is 10.5 Å². The monoisotopic (exact) mass is 273 g/mol. The molecule has 0 saturated heterocycles. The summed E-state index contributed by atoms with van der Waals surface area (Å²) in [7, 11) is 0. The van der Waals surface area contributed by atoms with Crippen molar-refractivity contribution < 1.29 is 4.74 Å². The van der Waals surface area contributed by atoms with Crippen LogP contribution in [0.1, 0.15) is 18.1 Å². The van der Waals surface area contributed by atoms with E-state index >= 15 is 0 Å². The Hall–Kier alpha value is -1.61. The first-order chi connectivity index (χ1) is 9.19. The minimum atomic E-state index is 0.673. The summed E-state index contributed by atoms with van der Waals surface area (Å²) in [6, 6.07) is 14.4. The topological polar surface area (TPSA) is 35.2 Å². The van der Waals surface area contributed by atoms with Gasteiger partial charge in [0.05, 0.1) is 6.61 Å². The third-order valence-corrected chi connectivity index (χ3v) is 3.95. The average Bonchev–Trinajstić information content (AvgIpc) is 2.41. The Bertz CT molecular complexity index is 537. The molecule has 0 atom stereocenters. The summed E-state index contributed by atoms with van der Waals surface area (Å²) in [6.45, 7) is 4.75. The molecule has 2 aromatic rings. The zero-order valence-electron chi connectivity index (χ0n) is 11.3. The number of nitrogen functional groups attached to an aromatic ring is 1. The van der Waals surface area contributed by atoms with E-state index in [2.05, 4.69) is 31.2 Å². The number of aryl methyl sites for hydroxylation is 1. The molecule has 0 aliphatic rings. The molecule has 2 aromatic carbocycles. The molecule has 0 spiro atoms. The lowest BCUT2D eigenvalue weighted by molar-refractivity contribution is 0.339. The summed E-state index contributed by atoms with van der Waals surface area (Å²) in [4.78, 5) is 1.08. The van der Waals surface area contributed by atoms with Crippen LogP contribution in [0.25, 0.3) is 0 Å². The summed E-state index contributed by atoms with van der Waals surface area (Å²) in [5.74, 6) is 1.79. The normalized spacial score (nSPS) is 10.4. The zero-order valence-corrected chi connectivity index (χ0v) is 12.2. The predicted molar refractivity (Wildman–Crippen MR) is 82.8 cm³/mol. The number of anilines is 1. The van der Waals surface area contributed by atoms with Gasteiger partial charge in [0.25, 0.3) is 0 Å². The number of benzene rings is 2. The van der Waals surface area contributed by atoms with Crippen LogP contribution in [0.3, 0.4) is 0 Å². The van der Waals surface area contributed by atoms with Crippen LogP contribution in [0.5, 0.6) is 5.75 Å². The van der Waals surface area contributed by atoms with Gasteiger partial charge in [-0.1, -0.05) is 29.8 Å². The molecular weight excluding hydrogens is 254 g/mol. The van der Waals surface area contributed by atoms with Crippen LogP contribution in [-0.2, 0) is 5.75 Å². The summed E-state index contributed by atoms with van der Waals surface area (Å²) in [5.41, 5.74) is 9.39. The molecule has 2 N–H and O–H groups in total. The minimum Gasteiger partial charge on any atom is -0.494 e. The van der Waals surface area contributed by atoms with Gasteiger partial charge in [0, 0.05) is 16.3 Å². The van der Waals surface area contributed by atoms with Crippen molar-refractivity contribution in [3.8, 4) is 5.75 Å². The van der Waals surface area contributed by atoms with Crippen LogP contribution in [0.15, 0.2) is 47.4 Å². The zero-order chi connectivity index (χ0) is 13.7. The average molecular weight is 273 g/mol. The van der Waals surface area contributed by atoms with E-state index in [4.69, 9.17) is 10.5 Å². The fraction of sp³-hybridized carbons (Fsp3) is 0.250. The number of nitrogens with two attached hydrogens (primary N) is 1. The molecule has 0 unspecified atom stereocenters. The maximum absolute atomic E-state index is 6.00. The summed E-state index contributed by atoms with van der Waals surface area (Å²) >= 11 is 1.74. The van der Waals surface area contributed by atoms with Crippen LogP contribution < -0.4 is 10.5 Å². The highest BCUT2D eigenvalue weighted by Crippen LogP contribution is 2.31. The Morgan fingerprint density at radius 2 is 1.84 bits per heavy atom. The predicted octanol–water partition coefficient (Wildman–Crippen LogP) is 4.27. The third-order valence-electron chi connectivity index (χ3n) is 2.81. The summed E-state index contributed by atoms with van der Waals surface area (Å²) in [6.07, 6.45) is 0. The van der Waals surface area contributed by atoms with Gasteiger partial charge in [0.1, 0.15) is 5.75 Å². The Balaban J connectivity index is 2.05. The second-order valence-electron chi connectivity index (χ2n) is 4.41. The van der Waals surface area contributed by atoms with E-state index in [1.54, 1.807) is 11.8 Å². The van der Waals surface area contributed by atoms with Gasteiger partial charge in [0.15, 0.2) is 0 Å². The van der Waals surface area contributed by atoms with Crippen molar-refractivity contribution in [2.45, 2.75) is 24.5 Å². The van der Waals surface area contributed by atoms with Crippen molar-refractivity contribution in [2.75, 3.05) is 12.3 Å². The molecule has 0 aliphatic heterocycles. The van der Waals surface area contributed by atoms with Crippen LogP contribution in [0.2, 0.25) is 0 Å². The molecule has 0 aliphatic carbocycles. The van der Waals surface area contributed by atoms with Gasteiger partial charge >= 0.3 is 0 Å². The fourth-order valence-corrected chi connectivity index (χ4v) is 2.69. The number of hydrogen-bond acceptors (Lipinski definition) is 3. The molecule has 0 aromatic heterocycles. The van der Waals surface area contributed by atoms with Crippen LogP contribution in [0, 0.1) is 6.92 Å². The highest BCUT2D eigenvalue weighted by molar-refractivity contribution is 7.98. The SMILES string of the molecule is CCOc1ccc(N)c(SCc2ccc(C)cc2)c1. The lowest BCUT2D eigenvalue weighted by Gasteiger charge is -2.09. The molecule has 2 rings (SSSR count). The van der Waals surface area contributed by atoms with E-state index in [0.29, 0.717) is 6.61 Å². The number of rotatable bonds is 5. The first-order valence-corrected chi connectivity index (χ1v) is 7.38. The van der Waals surface area contributed by atoms with E-state index in [9.17, 15) is 0 Å². The largest absolute Gasteiger partial charge is 0.494 e. The Labute approximate surface area is 119 Å². The van der Waals surface area contributed by atoms with Crippen molar-refractivity contribution in [2.24, 2.45) is 0 Å². The van der Waals surface area contributed by atoms with Crippen LogP contribution >= 0.6 is 11.8 Å². The van der Waals surface area contributed by atoms with Crippen molar-refractivity contribution >= 4 is 17.4 Å². The van der Waals surface area contributed by atoms with Gasteiger partial charge in [0.2, 0.25) is 0 Å². The molecule has 0 saturated carbocycles. The number of thioether (sulfide) groups is 1. The van der Waals surface area contributed by atoms with Gasteiger partial charge in [-0.2, -0.15) is 0 Å². The maximum Gasteiger partial charge on any atom is 0.120 e. The molecule has 19 heavy (non-hydrogen) atoms. The third kappa shape index (κ3) is 3.93. The number of ether oxygens (including phenoxy) is 1. The van der Waals surface area contributed by atoms with Crippen molar-refractivity contribution in [3.05, 3.63) is 53.6 Å². The van der Waals surface area contributed by atoms with Crippen molar-refractivity contribution in [1.82, 2.24) is 0 Å². The first kappa shape index (κ1) is 13.8. The fourth-order valence-electron chi connectivity index (χ4n) is 1.74. The second-order valence-corrected chi connectivity index (χ2v) is 5.42. The molecule has 3 heteroatoms. The van der Waals surface area contributed by atoms with Crippen molar-refractivity contribution in [1.29, 1.82) is 0 Å². The van der Waals surface area contributed by atoms with E-state index in [-0.39, 0.29) is 0 Å². The van der Waals surface area contributed by atoms with E-state index in [1.165, 1.54) is 11.1 Å². The van der Waals surface area contributed by atoms with Crippen LogP contribution in [0.4, 0.5) is 5.69 Å². The second kappa shape index (κ2) is 6.53. The molecule has 0 radical (unpaired) electrons. The molecular formula is C16H19NOS. The number of hydrogen-bond donors (Lipinski definition) is 1. The summed E-state index contributed by atoms with van der Waals surface area (Å²) < 4.78 is 5.50. The lowest BCUT2D eigenvalue weighted by atomic mass is 10.2. The van der Waals surface area contributed by atoms with E-state index < -0.39 is 0 Å². The van der Waals surface area contributed by atoms with E-state index in [0.717, 1.165) is 22.1 Å². The smallest absolute Gasteiger partial charge is 0.120 e. The summed E-state index contributed by atoms with van der Waals surface area (Å²) in [5, 5.41) is 0. The minimum absolute atomic E-state index is 0.673. The highest BCUT2D eigenvalue weighted by Gasteiger charge is 2.03. The first-order valence-electron chi connectivity index (χ1n) is 6.39. The highest BCUT2D eigenvalue weighted by atomic mass is 32.2. The molecule has 100 valence electrons. The Kier molecular flexibility index (Phi) is 4.74. The van der Waals surface area contributed by atoms with Gasteiger partial charge in [-0.15, -0.1) is 11.8 Å². The van der Waals surface area contributed by atoms with E-state index in [1.807, 2.05) is 25.1 Å². The molecule has 0 heterocycles. The Morgan fingerprint density at radius 1 is 1.11 bits per heavy atom. The molecule has 0 amide bonds. The Morgan fingerprint density at radius 3 is 2.53 bits per heavy atom. The van der Waals surface area contributed by atoms with Gasteiger partial charge in [-0.25, -0.2) is 0 Å². The standard InChI is InChI=1S/C16H19NOS/c1-3-18-14-8-9-15(17)16(10-14)19-11-13-6-4-12(2)5-7-13/h4-10H,3,11,17H2,1-2H3. The molecule has 0 bridgehead atoms. The van der Waals surface area contributed by atoms with Gasteiger partial charge in [-0.3, -0.25) is 0 Å².